The number of nitrogen functional groups attached to an aromatic ring is 1. The molecule has 21 heavy (non-hydrogen) atoms. The molecule has 5 N–H and O–H groups in total. The van der Waals surface area contributed by atoms with Gasteiger partial charge in [-0.25, -0.2) is 4.98 Å². The van der Waals surface area contributed by atoms with E-state index in [1.165, 1.54) is 11.3 Å². The second-order valence-corrected chi connectivity index (χ2v) is 6.53. The topological polar surface area (TPSA) is 109 Å². The summed E-state index contributed by atoms with van der Waals surface area (Å²) in [6.07, 6.45) is 2.24. The van der Waals surface area contributed by atoms with Gasteiger partial charge in [-0.1, -0.05) is 25.2 Å². The van der Waals surface area contributed by atoms with Crippen LogP contribution in [0.1, 0.15) is 36.4 Å². The Morgan fingerprint density at radius 2 is 2.10 bits per heavy atom. The molecule has 0 unspecified atom stereocenters. The molecule has 1 aromatic rings. The third-order valence-corrected chi connectivity index (χ3v) is 3.88. The number of carbonyl (C=O) groups is 2. The zero-order valence-corrected chi connectivity index (χ0v) is 13.0. The van der Waals surface area contributed by atoms with Crippen LogP contribution >= 0.6 is 11.3 Å². The molecule has 1 aliphatic rings. The highest BCUT2D eigenvalue weighted by atomic mass is 32.1. The number of thiazole rings is 1. The molecular formula is C13H21N5O2S. The fourth-order valence-electron chi connectivity index (χ4n) is 1.58. The molecule has 1 aromatic heterocycles. The van der Waals surface area contributed by atoms with Crippen molar-refractivity contribution in [2.75, 3.05) is 24.1 Å². The summed E-state index contributed by atoms with van der Waals surface area (Å²) < 4.78 is 0. The molecule has 2 rings (SSSR count). The van der Waals surface area contributed by atoms with E-state index in [1.54, 1.807) is 0 Å². The van der Waals surface area contributed by atoms with E-state index in [4.69, 9.17) is 5.73 Å². The minimum atomic E-state index is -0.367. The van der Waals surface area contributed by atoms with E-state index in [9.17, 15) is 9.59 Å². The van der Waals surface area contributed by atoms with Crippen LogP contribution in [0.2, 0.25) is 0 Å². The molecule has 2 amide bonds. The summed E-state index contributed by atoms with van der Waals surface area (Å²) in [5.41, 5.74) is 5.74. The fourth-order valence-corrected chi connectivity index (χ4v) is 2.46. The molecule has 1 heterocycles. The van der Waals surface area contributed by atoms with E-state index in [1.807, 2.05) is 13.8 Å². The first-order chi connectivity index (χ1) is 9.95. The van der Waals surface area contributed by atoms with Crippen LogP contribution in [0.3, 0.4) is 0 Å². The van der Waals surface area contributed by atoms with Crippen molar-refractivity contribution in [1.82, 2.24) is 15.6 Å². The van der Waals surface area contributed by atoms with Crippen LogP contribution in [0, 0.1) is 5.92 Å². The van der Waals surface area contributed by atoms with Crippen LogP contribution in [0.25, 0.3) is 0 Å². The van der Waals surface area contributed by atoms with Crippen molar-refractivity contribution >= 4 is 34.1 Å². The number of nitrogens with two attached hydrogens (primary N) is 1. The minimum Gasteiger partial charge on any atom is -0.382 e. The number of carbonyl (C=O) groups excluding carboxylic acids is 2. The first-order valence-electron chi connectivity index (χ1n) is 7.03. The maximum Gasteiger partial charge on any atom is 0.265 e. The third-order valence-electron chi connectivity index (χ3n) is 2.88. The predicted octanol–water partition coefficient (Wildman–Crippen LogP) is 0.802. The highest BCUT2D eigenvalue weighted by molar-refractivity contribution is 7.18. The minimum absolute atomic E-state index is 0.0612. The van der Waals surface area contributed by atoms with E-state index in [0.717, 1.165) is 12.8 Å². The number of hydrogen-bond acceptors (Lipinski definition) is 6. The second-order valence-electron chi connectivity index (χ2n) is 5.53. The molecule has 1 aliphatic carbocycles. The summed E-state index contributed by atoms with van der Waals surface area (Å²) in [5, 5.41) is 9.15. The Bertz CT molecular complexity index is 525. The Hall–Kier alpha value is -1.83. The molecule has 0 atom stereocenters. The number of nitrogens with one attached hydrogen (secondary N) is 3. The monoisotopic (exact) mass is 311 g/mol. The second kappa shape index (κ2) is 6.75. The molecule has 1 saturated carbocycles. The van der Waals surface area contributed by atoms with Gasteiger partial charge in [0.25, 0.3) is 5.91 Å². The maximum absolute atomic E-state index is 12.0. The summed E-state index contributed by atoms with van der Waals surface area (Å²) in [5.74, 6) is -0.00824. The number of rotatable bonds is 7. The lowest BCUT2D eigenvalue weighted by molar-refractivity contribution is -0.120. The number of nitrogens with zero attached hydrogens (tertiary/aromatic N) is 1. The lowest BCUT2D eigenvalue weighted by Gasteiger charge is -2.08. The van der Waals surface area contributed by atoms with E-state index in [0.29, 0.717) is 28.5 Å². The van der Waals surface area contributed by atoms with Gasteiger partial charge in [0, 0.05) is 12.6 Å². The van der Waals surface area contributed by atoms with Crippen LogP contribution in [0.15, 0.2) is 0 Å². The molecule has 0 bridgehead atoms. The fraction of sp³-hybridized carbons (Fsp3) is 0.615. The summed E-state index contributed by atoms with van der Waals surface area (Å²) in [6.45, 7) is 4.54. The van der Waals surface area contributed by atoms with Gasteiger partial charge in [-0.15, -0.1) is 0 Å². The van der Waals surface area contributed by atoms with Gasteiger partial charge in [-0.3, -0.25) is 9.59 Å². The van der Waals surface area contributed by atoms with Crippen molar-refractivity contribution in [3.05, 3.63) is 4.88 Å². The van der Waals surface area contributed by atoms with Crippen LogP contribution in [-0.4, -0.2) is 35.9 Å². The molecule has 0 spiro atoms. The Morgan fingerprint density at radius 1 is 1.38 bits per heavy atom. The smallest absolute Gasteiger partial charge is 0.265 e. The lowest BCUT2D eigenvalue weighted by atomic mass is 10.2. The normalized spacial score (nSPS) is 14.0. The highest BCUT2D eigenvalue weighted by Gasteiger charge is 2.24. The quantitative estimate of drug-likeness (QED) is 0.595. The summed E-state index contributed by atoms with van der Waals surface area (Å²) in [6, 6.07) is 0.452. The first kappa shape index (κ1) is 15.6. The van der Waals surface area contributed by atoms with Crippen LogP contribution in [0.5, 0.6) is 0 Å². The van der Waals surface area contributed by atoms with Gasteiger partial charge in [0.1, 0.15) is 10.7 Å². The van der Waals surface area contributed by atoms with Crippen molar-refractivity contribution in [3.63, 3.8) is 0 Å². The summed E-state index contributed by atoms with van der Waals surface area (Å²) in [4.78, 5) is 28.0. The van der Waals surface area contributed by atoms with Gasteiger partial charge in [0.2, 0.25) is 5.91 Å². The van der Waals surface area contributed by atoms with Gasteiger partial charge in [-0.05, 0) is 18.8 Å². The Balaban J connectivity index is 1.82. The molecule has 0 radical (unpaired) electrons. The molecular weight excluding hydrogens is 290 g/mol. The largest absolute Gasteiger partial charge is 0.382 e. The molecule has 7 nitrogen and oxygen atoms in total. The molecule has 116 valence electrons. The van der Waals surface area contributed by atoms with E-state index in [-0.39, 0.29) is 24.2 Å². The molecule has 0 aliphatic heterocycles. The number of anilines is 2. The van der Waals surface area contributed by atoms with E-state index >= 15 is 0 Å². The third kappa shape index (κ3) is 4.89. The Morgan fingerprint density at radius 3 is 2.71 bits per heavy atom. The first-order valence-corrected chi connectivity index (χ1v) is 7.85. The average Bonchev–Trinajstić information content (AvgIpc) is 3.15. The lowest BCUT2D eigenvalue weighted by Crippen LogP contribution is -2.38. The SMILES string of the molecule is CC(C)CNC(=O)CNC(=O)c1sc(NC2CC2)nc1N. The van der Waals surface area contributed by atoms with Crippen molar-refractivity contribution in [1.29, 1.82) is 0 Å². The zero-order valence-electron chi connectivity index (χ0n) is 12.2. The van der Waals surface area contributed by atoms with Crippen LogP contribution in [0.4, 0.5) is 10.9 Å². The standard InChI is InChI=1S/C13H21N5O2S/c1-7(2)5-15-9(19)6-16-12(20)10-11(14)18-13(21-10)17-8-3-4-8/h7-8H,3-6,14H2,1-2H3,(H,15,19)(H,16,20)(H,17,18). The van der Waals surface area contributed by atoms with E-state index in [2.05, 4.69) is 20.9 Å². The van der Waals surface area contributed by atoms with Crippen molar-refractivity contribution in [2.45, 2.75) is 32.7 Å². The van der Waals surface area contributed by atoms with Crippen LogP contribution in [-0.2, 0) is 4.79 Å². The van der Waals surface area contributed by atoms with E-state index < -0.39 is 0 Å². The summed E-state index contributed by atoms with van der Waals surface area (Å²) >= 11 is 1.21. The molecule has 0 saturated heterocycles. The summed E-state index contributed by atoms with van der Waals surface area (Å²) in [7, 11) is 0. The average molecular weight is 311 g/mol. The number of aromatic nitrogens is 1. The Kier molecular flexibility index (Phi) is 5.00. The van der Waals surface area contributed by atoms with Gasteiger partial charge in [-0.2, -0.15) is 0 Å². The van der Waals surface area contributed by atoms with Crippen molar-refractivity contribution in [2.24, 2.45) is 5.92 Å². The van der Waals surface area contributed by atoms with Crippen molar-refractivity contribution < 1.29 is 9.59 Å². The van der Waals surface area contributed by atoms with Gasteiger partial charge < -0.3 is 21.7 Å². The predicted molar refractivity (Wildman–Crippen MR) is 83.4 cm³/mol. The van der Waals surface area contributed by atoms with Crippen LogP contribution < -0.4 is 21.7 Å². The maximum atomic E-state index is 12.0. The molecule has 8 heteroatoms. The molecule has 1 fully saturated rings. The van der Waals surface area contributed by atoms with Gasteiger partial charge in [0.15, 0.2) is 5.13 Å². The number of hydrogen-bond donors (Lipinski definition) is 4. The highest BCUT2D eigenvalue weighted by Crippen LogP contribution is 2.30. The zero-order chi connectivity index (χ0) is 15.4. The van der Waals surface area contributed by atoms with Gasteiger partial charge in [0.05, 0.1) is 6.54 Å². The van der Waals surface area contributed by atoms with Crippen molar-refractivity contribution in [3.8, 4) is 0 Å². The van der Waals surface area contributed by atoms with Gasteiger partial charge >= 0.3 is 0 Å². The Labute approximate surface area is 127 Å². The number of amides is 2. The molecule has 0 aromatic carbocycles.